The lowest BCUT2D eigenvalue weighted by Gasteiger charge is -2.24. The molecule has 0 aliphatic heterocycles. The Morgan fingerprint density at radius 3 is 2.80 bits per heavy atom. The molecule has 8 nitrogen and oxygen atoms in total. The molecule has 0 unspecified atom stereocenters. The van der Waals surface area contributed by atoms with Gasteiger partial charge in [-0.2, -0.15) is 5.10 Å². The van der Waals surface area contributed by atoms with Crippen molar-refractivity contribution in [3.63, 3.8) is 0 Å². The molecular weight excluding hydrogens is 344 g/mol. The van der Waals surface area contributed by atoms with Gasteiger partial charge < -0.3 is 9.15 Å². The van der Waals surface area contributed by atoms with E-state index in [1.165, 1.54) is 24.7 Å². The highest BCUT2D eigenvalue weighted by molar-refractivity contribution is 8.32. The number of non-ortho nitro benzene ring substituents is 1. The lowest BCUT2D eigenvalue weighted by Crippen LogP contribution is -2.10. The van der Waals surface area contributed by atoms with E-state index in [-0.39, 0.29) is 12.4 Å². The molecule has 2 heterocycles. The molecule has 0 aliphatic carbocycles. The molecule has 0 bridgehead atoms. The Morgan fingerprint density at radius 2 is 2.16 bits per heavy atom. The van der Waals surface area contributed by atoms with Gasteiger partial charge in [-0.1, -0.05) is 0 Å². The number of aromatic nitrogens is 3. The molecule has 0 aliphatic rings. The Balaban J connectivity index is 1.92. The predicted molar refractivity (Wildman–Crippen MR) is 98.1 cm³/mol. The highest BCUT2D eigenvalue weighted by atomic mass is 32.3. The van der Waals surface area contributed by atoms with E-state index in [0.717, 1.165) is 11.3 Å². The summed E-state index contributed by atoms with van der Waals surface area (Å²) < 4.78 is 12.8. The molecule has 25 heavy (non-hydrogen) atoms. The summed E-state index contributed by atoms with van der Waals surface area (Å²) in [6.07, 6.45) is 9.55. The molecule has 0 N–H and O–H groups in total. The zero-order valence-corrected chi connectivity index (χ0v) is 15.2. The number of fused-ring (bicyclic) bond motifs is 1. The summed E-state index contributed by atoms with van der Waals surface area (Å²) in [4.78, 5) is 14.5. The first-order chi connectivity index (χ1) is 11.8. The summed E-state index contributed by atoms with van der Waals surface area (Å²) in [5.41, 5.74) is 1.27. The summed E-state index contributed by atoms with van der Waals surface area (Å²) in [6, 6.07) is 4.64. The van der Waals surface area contributed by atoms with Crippen LogP contribution in [0.5, 0.6) is 0 Å². The van der Waals surface area contributed by atoms with Crippen molar-refractivity contribution in [2.24, 2.45) is 0 Å². The molecule has 9 heteroatoms. The van der Waals surface area contributed by atoms with Crippen LogP contribution in [-0.2, 0) is 11.5 Å². The Morgan fingerprint density at radius 1 is 1.36 bits per heavy atom. The third-order valence-corrected chi connectivity index (χ3v) is 5.06. The second kappa shape index (κ2) is 6.85. The predicted octanol–water partition coefficient (Wildman–Crippen LogP) is 3.27. The first-order valence-electron chi connectivity index (χ1n) is 7.63. The van der Waals surface area contributed by atoms with E-state index in [9.17, 15) is 10.1 Å². The lowest BCUT2D eigenvalue weighted by molar-refractivity contribution is -0.384. The molecule has 0 amide bonds. The van der Waals surface area contributed by atoms with Crippen LogP contribution in [0.1, 0.15) is 0 Å². The standard InChI is InChI=1S/C16H20N4O4S/c1-25(2,3)7-6-23-11-19-14-5-4-12(20(21)22)8-13(14)16(18-19)15-9-17-10-24-15/h4-5,8-10H,6-7,11H2,1-3H3. The monoisotopic (exact) mass is 364 g/mol. The maximum atomic E-state index is 11.1. The molecule has 0 atom stereocenters. The molecule has 1 aromatic carbocycles. The van der Waals surface area contributed by atoms with Crippen LogP contribution in [0, 0.1) is 10.1 Å². The van der Waals surface area contributed by atoms with Gasteiger partial charge in [-0.3, -0.25) is 10.1 Å². The van der Waals surface area contributed by atoms with Gasteiger partial charge >= 0.3 is 0 Å². The number of nitrogens with zero attached hydrogens (tertiary/aromatic N) is 4. The smallest absolute Gasteiger partial charge is 0.270 e. The van der Waals surface area contributed by atoms with Gasteiger partial charge in [0.15, 0.2) is 12.2 Å². The number of hydrogen-bond acceptors (Lipinski definition) is 6. The van der Waals surface area contributed by atoms with E-state index in [2.05, 4.69) is 28.8 Å². The van der Waals surface area contributed by atoms with Gasteiger partial charge in [0, 0.05) is 23.3 Å². The minimum absolute atomic E-state index is 0.00469. The minimum Gasteiger partial charge on any atom is -0.442 e. The van der Waals surface area contributed by atoms with Crippen molar-refractivity contribution in [1.82, 2.24) is 14.8 Å². The molecule has 3 aromatic rings. The lowest BCUT2D eigenvalue weighted by atomic mass is 10.1. The van der Waals surface area contributed by atoms with E-state index in [1.54, 1.807) is 10.7 Å². The van der Waals surface area contributed by atoms with Crippen molar-refractivity contribution in [3.05, 3.63) is 40.9 Å². The molecule has 0 saturated carbocycles. The SMILES string of the molecule is CS(C)(C)CCOCn1nc(-c2cnco2)c2cc([N+](=O)[O-])ccc21. The van der Waals surface area contributed by atoms with Crippen molar-refractivity contribution in [1.29, 1.82) is 0 Å². The van der Waals surface area contributed by atoms with E-state index < -0.39 is 15.0 Å². The van der Waals surface area contributed by atoms with E-state index >= 15 is 0 Å². The summed E-state index contributed by atoms with van der Waals surface area (Å²) in [5.74, 6) is 1.47. The molecule has 134 valence electrons. The minimum atomic E-state index is -0.619. The van der Waals surface area contributed by atoms with Gasteiger partial charge in [0.25, 0.3) is 5.69 Å². The summed E-state index contributed by atoms with van der Waals surface area (Å²) in [7, 11) is -0.619. The fourth-order valence-corrected chi connectivity index (χ4v) is 2.97. The molecule has 0 fully saturated rings. The number of ether oxygens (including phenoxy) is 1. The van der Waals surface area contributed by atoms with Gasteiger partial charge in [-0.05, 0) is 24.8 Å². The van der Waals surface area contributed by atoms with E-state index in [4.69, 9.17) is 9.15 Å². The van der Waals surface area contributed by atoms with Crippen LogP contribution in [0.15, 0.2) is 35.2 Å². The maximum Gasteiger partial charge on any atom is 0.270 e. The average Bonchev–Trinajstić information content (AvgIpc) is 3.17. The van der Waals surface area contributed by atoms with Crippen LogP contribution in [0.3, 0.4) is 0 Å². The average molecular weight is 364 g/mol. The first-order valence-corrected chi connectivity index (χ1v) is 10.7. The van der Waals surface area contributed by atoms with E-state index in [1.807, 2.05) is 0 Å². The quantitative estimate of drug-likeness (QED) is 0.363. The highest BCUT2D eigenvalue weighted by Crippen LogP contribution is 2.34. The van der Waals surface area contributed by atoms with Crippen molar-refractivity contribution >= 4 is 26.6 Å². The van der Waals surface area contributed by atoms with Crippen LogP contribution in [0.2, 0.25) is 0 Å². The van der Waals surface area contributed by atoms with Gasteiger partial charge in [0.2, 0.25) is 0 Å². The molecule has 2 aromatic heterocycles. The largest absolute Gasteiger partial charge is 0.442 e. The molecule has 3 rings (SSSR count). The fourth-order valence-electron chi connectivity index (χ4n) is 2.35. The number of rotatable bonds is 7. The van der Waals surface area contributed by atoms with Crippen LogP contribution >= 0.6 is 10.0 Å². The van der Waals surface area contributed by atoms with Crippen LogP contribution in [0.4, 0.5) is 5.69 Å². The summed E-state index contributed by atoms with van der Waals surface area (Å²) >= 11 is 0. The maximum absolute atomic E-state index is 11.1. The Bertz CT molecular complexity index is 884. The first kappa shape index (κ1) is 17.4. The topological polar surface area (TPSA) is 96.2 Å². The normalized spacial score (nSPS) is 12.6. The van der Waals surface area contributed by atoms with Gasteiger partial charge in [-0.15, -0.1) is 0 Å². The third-order valence-electron chi connectivity index (χ3n) is 3.66. The number of benzene rings is 1. The Hall–Kier alpha value is -2.39. The number of nitro benzene ring substituents is 1. The third kappa shape index (κ3) is 3.99. The molecule has 0 saturated heterocycles. The Labute approximate surface area is 146 Å². The molecule has 0 spiro atoms. The van der Waals surface area contributed by atoms with Gasteiger partial charge in [-0.25, -0.2) is 19.7 Å². The molecule has 0 radical (unpaired) electrons. The number of hydrogen-bond donors (Lipinski definition) is 0. The van der Waals surface area contributed by atoms with Crippen LogP contribution in [0.25, 0.3) is 22.4 Å². The summed E-state index contributed by atoms with van der Waals surface area (Å²) in [5, 5.41) is 16.2. The number of oxazole rings is 1. The number of nitro groups is 1. The zero-order valence-electron chi connectivity index (χ0n) is 14.3. The Kier molecular flexibility index (Phi) is 4.78. The highest BCUT2D eigenvalue weighted by Gasteiger charge is 2.18. The second-order valence-corrected chi connectivity index (χ2v) is 11.1. The van der Waals surface area contributed by atoms with Crippen LogP contribution < -0.4 is 0 Å². The van der Waals surface area contributed by atoms with Crippen molar-refractivity contribution < 1.29 is 14.1 Å². The van der Waals surface area contributed by atoms with Crippen LogP contribution in [-0.4, -0.2) is 50.8 Å². The van der Waals surface area contributed by atoms with Crippen molar-refractivity contribution in [2.45, 2.75) is 6.73 Å². The van der Waals surface area contributed by atoms with Crippen molar-refractivity contribution in [2.75, 3.05) is 31.1 Å². The molecular formula is C16H20N4O4S. The van der Waals surface area contributed by atoms with Gasteiger partial charge in [0.1, 0.15) is 12.4 Å². The zero-order chi connectivity index (χ0) is 18.0. The second-order valence-electron chi connectivity index (χ2n) is 6.50. The van der Waals surface area contributed by atoms with Gasteiger partial charge in [0.05, 0.1) is 23.2 Å². The fraction of sp³-hybridized carbons (Fsp3) is 0.375. The van der Waals surface area contributed by atoms with Crippen molar-refractivity contribution in [3.8, 4) is 11.5 Å². The summed E-state index contributed by atoms with van der Waals surface area (Å²) in [6.45, 7) is 0.919. The van der Waals surface area contributed by atoms with E-state index in [0.29, 0.717) is 23.4 Å².